The SMILES string of the molecule is CSc1cc(OCCOCCOCCN=[N+]=[N-])ccn1. The molecule has 110 valence electrons. The van der Waals surface area contributed by atoms with Crippen molar-refractivity contribution < 1.29 is 14.2 Å². The number of azide groups is 1. The van der Waals surface area contributed by atoms with Gasteiger partial charge in [0.05, 0.1) is 31.5 Å². The fraction of sp³-hybridized carbons (Fsp3) is 0.583. The van der Waals surface area contributed by atoms with Crippen molar-refractivity contribution in [2.75, 3.05) is 45.8 Å². The molecule has 0 bridgehead atoms. The zero-order chi connectivity index (χ0) is 14.5. The first-order valence-electron chi connectivity index (χ1n) is 6.16. The minimum Gasteiger partial charge on any atom is -0.491 e. The van der Waals surface area contributed by atoms with E-state index in [2.05, 4.69) is 15.0 Å². The van der Waals surface area contributed by atoms with E-state index in [1.807, 2.05) is 18.4 Å². The molecule has 0 spiro atoms. The van der Waals surface area contributed by atoms with Gasteiger partial charge in [0, 0.05) is 23.7 Å². The Morgan fingerprint density at radius 2 is 2.00 bits per heavy atom. The van der Waals surface area contributed by atoms with Crippen molar-refractivity contribution in [3.8, 4) is 5.75 Å². The number of nitrogens with zero attached hydrogens (tertiary/aromatic N) is 4. The molecule has 0 aliphatic rings. The lowest BCUT2D eigenvalue weighted by molar-refractivity contribution is 0.0388. The van der Waals surface area contributed by atoms with E-state index in [0.29, 0.717) is 39.6 Å². The number of thioether (sulfide) groups is 1. The van der Waals surface area contributed by atoms with Crippen LogP contribution in [0.3, 0.4) is 0 Å². The second kappa shape index (κ2) is 11.4. The van der Waals surface area contributed by atoms with Crippen molar-refractivity contribution in [1.82, 2.24) is 4.98 Å². The van der Waals surface area contributed by atoms with Crippen molar-refractivity contribution in [3.05, 3.63) is 28.8 Å². The molecule has 0 aromatic carbocycles. The van der Waals surface area contributed by atoms with E-state index in [4.69, 9.17) is 19.7 Å². The van der Waals surface area contributed by atoms with Gasteiger partial charge in [-0.25, -0.2) is 4.98 Å². The lowest BCUT2D eigenvalue weighted by atomic mass is 10.4. The monoisotopic (exact) mass is 298 g/mol. The molecule has 1 aromatic rings. The Bertz CT molecular complexity index is 427. The molecule has 1 rings (SSSR count). The molecule has 1 aromatic heterocycles. The molecule has 7 nitrogen and oxygen atoms in total. The third-order valence-electron chi connectivity index (χ3n) is 2.18. The minimum absolute atomic E-state index is 0.347. The van der Waals surface area contributed by atoms with Crippen molar-refractivity contribution in [1.29, 1.82) is 0 Å². The Balaban J connectivity index is 1.97. The maximum absolute atomic E-state index is 8.05. The molecular weight excluding hydrogens is 280 g/mol. The second-order valence-electron chi connectivity index (χ2n) is 3.56. The third kappa shape index (κ3) is 7.85. The lowest BCUT2D eigenvalue weighted by Gasteiger charge is -2.08. The maximum atomic E-state index is 8.05. The molecule has 0 unspecified atom stereocenters. The number of hydrogen-bond donors (Lipinski definition) is 0. The van der Waals surface area contributed by atoms with Gasteiger partial charge in [0.2, 0.25) is 0 Å². The van der Waals surface area contributed by atoms with Gasteiger partial charge in [0.15, 0.2) is 0 Å². The van der Waals surface area contributed by atoms with E-state index in [9.17, 15) is 0 Å². The van der Waals surface area contributed by atoms with Crippen LogP contribution in [0.4, 0.5) is 0 Å². The molecule has 0 atom stereocenters. The summed E-state index contributed by atoms with van der Waals surface area (Å²) in [5.74, 6) is 0.790. The minimum atomic E-state index is 0.347. The van der Waals surface area contributed by atoms with E-state index < -0.39 is 0 Å². The number of aromatic nitrogens is 1. The van der Waals surface area contributed by atoms with Gasteiger partial charge in [-0.1, -0.05) is 5.11 Å². The second-order valence-corrected chi connectivity index (χ2v) is 4.39. The average molecular weight is 298 g/mol. The van der Waals surface area contributed by atoms with Crippen LogP contribution in [0.15, 0.2) is 28.5 Å². The molecule has 0 aliphatic heterocycles. The zero-order valence-corrected chi connectivity index (χ0v) is 12.2. The van der Waals surface area contributed by atoms with E-state index >= 15 is 0 Å². The smallest absolute Gasteiger partial charge is 0.123 e. The van der Waals surface area contributed by atoms with E-state index in [-0.39, 0.29) is 0 Å². The lowest BCUT2D eigenvalue weighted by Crippen LogP contribution is -2.11. The highest BCUT2D eigenvalue weighted by molar-refractivity contribution is 7.98. The zero-order valence-electron chi connectivity index (χ0n) is 11.4. The predicted molar refractivity (Wildman–Crippen MR) is 77.2 cm³/mol. The number of rotatable bonds is 11. The van der Waals surface area contributed by atoms with Crippen LogP contribution in [-0.4, -0.2) is 50.8 Å². The summed E-state index contributed by atoms with van der Waals surface area (Å²) in [6.45, 7) is 2.71. The molecule has 0 amide bonds. The Morgan fingerprint density at radius 3 is 2.75 bits per heavy atom. The first kappa shape index (κ1) is 16.6. The Labute approximate surface area is 122 Å². The fourth-order valence-corrected chi connectivity index (χ4v) is 1.68. The van der Waals surface area contributed by atoms with Crippen LogP contribution >= 0.6 is 11.8 Å². The number of pyridine rings is 1. The van der Waals surface area contributed by atoms with Crippen LogP contribution < -0.4 is 4.74 Å². The molecule has 0 radical (unpaired) electrons. The van der Waals surface area contributed by atoms with Gasteiger partial charge in [-0.3, -0.25) is 0 Å². The molecule has 0 aliphatic carbocycles. The largest absolute Gasteiger partial charge is 0.491 e. The Kier molecular flexibility index (Phi) is 9.42. The predicted octanol–water partition coefficient (Wildman–Crippen LogP) is 2.53. The molecule has 20 heavy (non-hydrogen) atoms. The molecule has 1 heterocycles. The van der Waals surface area contributed by atoms with Crippen molar-refractivity contribution in [3.63, 3.8) is 0 Å². The summed E-state index contributed by atoms with van der Waals surface area (Å²) in [7, 11) is 0. The maximum Gasteiger partial charge on any atom is 0.123 e. The van der Waals surface area contributed by atoms with Gasteiger partial charge >= 0.3 is 0 Å². The highest BCUT2D eigenvalue weighted by Gasteiger charge is 1.97. The third-order valence-corrected chi connectivity index (χ3v) is 2.82. The fourth-order valence-electron chi connectivity index (χ4n) is 1.28. The number of ether oxygens (including phenoxy) is 3. The van der Waals surface area contributed by atoms with Crippen LogP contribution in [0.2, 0.25) is 0 Å². The summed E-state index contributed by atoms with van der Waals surface area (Å²) in [4.78, 5) is 6.79. The summed E-state index contributed by atoms with van der Waals surface area (Å²) >= 11 is 1.57. The van der Waals surface area contributed by atoms with Gasteiger partial charge in [0.25, 0.3) is 0 Å². The molecule has 0 saturated carbocycles. The van der Waals surface area contributed by atoms with Gasteiger partial charge < -0.3 is 14.2 Å². The summed E-state index contributed by atoms with van der Waals surface area (Å²) < 4.78 is 16.1. The first-order chi connectivity index (χ1) is 9.86. The summed E-state index contributed by atoms with van der Waals surface area (Å²) in [6, 6.07) is 3.71. The van der Waals surface area contributed by atoms with Gasteiger partial charge in [-0.05, 0) is 17.9 Å². The van der Waals surface area contributed by atoms with Crippen molar-refractivity contribution in [2.45, 2.75) is 5.03 Å². The van der Waals surface area contributed by atoms with E-state index in [1.165, 1.54) is 0 Å². The van der Waals surface area contributed by atoms with Gasteiger partial charge in [0.1, 0.15) is 12.4 Å². The average Bonchev–Trinajstić information content (AvgIpc) is 2.49. The Hall–Kier alpha value is -1.47. The van der Waals surface area contributed by atoms with Crippen LogP contribution in [0.5, 0.6) is 5.75 Å². The van der Waals surface area contributed by atoms with Crippen molar-refractivity contribution in [2.24, 2.45) is 5.11 Å². The Morgan fingerprint density at radius 1 is 1.25 bits per heavy atom. The van der Waals surface area contributed by atoms with E-state index in [1.54, 1.807) is 18.0 Å². The molecule has 8 heteroatoms. The topological polar surface area (TPSA) is 89.3 Å². The highest BCUT2D eigenvalue weighted by Crippen LogP contribution is 2.17. The molecule has 0 N–H and O–H groups in total. The molecule has 0 fully saturated rings. The normalized spacial score (nSPS) is 10.1. The quantitative estimate of drug-likeness (QED) is 0.206. The summed E-state index contributed by atoms with van der Waals surface area (Å²) in [5, 5.41) is 4.28. The summed E-state index contributed by atoms with van der Waals surface area (Å²) in [5.41, 5.74) is 8.05. The highest BCUT2D eigenvalue weighted by atomic mass is 32.2. The molecular formula is C12H18N4O3S. The van der Waals surface area contributed by atoms with Crippen LogP contribution in [0.25, 0.3) is 10.4 Å². The van der Waals surface area contributed by atoms with Crippen molar-refractivity contribution >= 4 is 11.8 Å². The first-order valence-corrected chi connectivity index (χ1v) is 7.38. The van der Waals surface area contributed by atoms with Crippen LogP contribution in [0.1, 0.15) is 0 Å². The van der Waals surface area contributed by atoms with Gasteiger partial charge in [-0.2, -0.15) is 0 Å². The van der Waals surface area contributed by atoms with Crippen LogP contribution in [0, 0.1) is 0 Å². The van der Waals surface area contributed by atoms with Crippen LogP contribution in [-0.2, 0) is 9.47 Å². The number of hydrogen-bond acceptors (Lipinski definition) is 6. The van der Waals surface area contributed by atoms with E-state index in [0.717, 1.165) is 10.8 Å². The molecule has 0 saturated heterocycles. The standard InChI is InChI=1S/C12H18N4O3S/c1-20-12-10-11(2-3-14-12)19-9-8-18-7-6-17-5-4-15-16-13/h2-3,10H,4-9H2,1H3. The summed E-state index contributed by atoms with van der Waals surface area (Å²) in [6.07, 6.45) is 3.69. The van der Waals surface area contributed by atoms with Gasteiger partial charge in [-0.15, -0.1) is 11.8 Å².